The number of aryl methyl sites for hydroxylation is 1. The van der Waals surface area contributed by atoms with E-state index < -0.39 is 6.04 Å². The number of rotatable bonds is 7. The SMILES string of the molecule is COc1ccc(NC(=O)C2CCCN2C(=O)CCc2ncc(-c3ccccc3Cl)o2)cc1. The summed E-state index contributed by atoms with van der Waals surface area (Å²) in [5, 5.41) is 3.47. The Morgan fingerprint density at radius 3 is 2.75 bits per heavy atom. The normalized spacial score (nSPS) is 15.6. The molecule has 4 rings (SSSR count). The fourth-order valence-electron chi connectivity index (χ4n) is 3.81. The highest BCUT2D eigenvalue weighted by Gasteiger charge is 2.34. The number of nitrogens with zero attached hydrogens (tertiary/aromatic N) is 2. The lowest BCUT2D eigenvalue weighted by molar-refractivity contribution is -0.136. The number of ether oxygens (including phenoxy) is 1. The van der Waals surface area contributed by atoms with Crippen molar-refractivity contribution in [1.29, 1.82) is 0 Å². The smallest absolute Gasteiger partial charge is 0.247 e. The summed E-state index contributed by atoms with van der Waals surface area (Å²) >= 11 is 6.21. The molecule has 0 radical (unpaired) electrons. The van der Waals surface area contributed by atoms with Crippen LogP contribution in [-0.2, 0) is 16.0 Å². The quantitative estimate of drug-likeness (QED) is 0.566. The van der Waals surface area contributed by atoms with Gasteiger partial charge in [-0.05, 0) is 49.2 Å². The molecular formula is C24H24ClN3O4. The Morgan fingerprint density at radius 1 is 1.22 bits per heavy atom. The Kier molecular flexibility index (Phi) is 6.75. The summed E-state index contributed by atoms with van der Waals surface area (Å²) in [6.07, 6.45) is 3.62. The van der Waals surface area contributed by atoms with Crippen LogP contribution in [0.5, 0.6) is 5.75 Å². The molecule has 0 aliphatic carbocycles. The summed E-state index contributed by atoms with van der Waals surface area (Å²) in [4.78, 5) is 31.5. The lowest BCUT2D eigenvalue weighted by Crippen LogP contribution is -2.43. The number of nitrogens with one attached hydrogen (secondary N) is 1. The predicted molar refractivity (Wildman–Crippen MR) is 122 cm³/mol. The van der Waals surface area contributed by atoms with E-state index in [1.807, 2.05) is 18.2 Å². The summed E-state index contributed by atoms with van der Waals surface area (Å²) in [6, 6.07) is 14.0. The Balaban J connectivity index is 1.34. The van der Waals surface area contributed by atoms with Crippen molar-refractivity contribution in [3.63, 3.8) is 0 Å². The van der Waals surface area contributed by atoms with Crippen LogP contribution in [0.1, 0.15) is 25.2 Å². The largest absolute Gasteiger partial charge is 0.497 e. The van der Waals surface area contributed by atoms with E-state index in [0.29, 0.717) is 47.5 Å². The molecule has 1 atom stereocenters. The third-order valence-electron chi connectivity index (χ3n) is 5.48. The Bertz CT molecular complexity index is 1100. The Morgan fingerprint density at radius 2 is 2.00 bits per heavy atom. The van der Waals surface area contributed by atoms with E-state index in [4.69, 9.17) is 20.8 Å². The molecule has 1 aliphatic rings. The van der Waals surface area contributed by atoms with E-state index in [1.54, 1.807) is 48.5 Å². The van der Waals surface area contributed by atoms with Gasteiger partial charge in [0.1, 0.15) is 11.8 Å². The van der Waals surface area contributed by atoms with Crippen molar-refractivity contribution in [1.82, 2.24) is 9.88 Å². The van der Waals surface area contributed by atoms with Crippen molar-refractivity contribution in [3.05, 3.63) is 65.6 Å². The van der Waals surface area contributed by atoms with Crippen LogP contribution in [0.2, 0.25) is 5.02 Å². The van der Waals surface area contributed by atoms with E-state index in [9.17, 15) is 9.59 Å². The number of hydrogen-bond donors (Lipinski definition) is 1. The number of anilines is 1. The topological polar surface area (TPSA) is 84.7 Å². The van der Waals surface area contributed by atoms with Crippen molar-refractivity contribution >= 4 is 29.1 Å². The third-order valence-corrected chi connectivity index (χ3v) is 5.81. The zero-order chi connectivity index (χ0) is 22.5. The molecule has 2 aromatic carbocycles. The first-order valence-corrected chi connectivity index (χ1v) is 10.9. The van der Waals surface area contributed by atoms with Crippen LogP contribution in [0, 0.1) is 0 Å². The van der Waals surface area contributed by atoms with E-state index in [1.165, 1.54) is 0 Å². The summed E-state index contributed by atoms with van der Waals surface area (Å²) in [5.74, 6) is 1.47. The van der Waals surface area contributed by atoms with Crippen LogP contribution < -0.4 is 10.1 Å². The molecule has 0 bridgehead atoms. The van der Waals surface area contributed by atoms with Crippen molar-refractivity contribution in [2.24, 2.45) is 0 Å². The molecule has 166 valence electrons. The van der Waals surface area contributed by atoms with Crippen LogP contribution in [0.15, 0.2) is 59.1 Å². The maximum absolute atomic E-state index is 12.8. The molecule has 3 aromatic rings. The molecule has 2 heterocycles. The van der Waals surface area contributed by atoms with Gasteiger partial charge in [-0.3, -0.25) is 9.59 Å². The number of methoxy groups -OCH3 is 1. The maximum atomic E-state index is 12.8. The van der Waals surface area contributed by atoms with E-state index >= 15 is 0 Å². The molecule has 0 saturated carbocycles. The van der Waals surface area contributed by atoms with Crippen LogP contribution in [0.25, 0.3) is 11.3 Å². The van der Waals surface area contributed by atoms with Gasteiger partial charge in [0, 0.05) is 30.6 Å². The molecule has 8 heteroatoms. The third kappa shape index (κ3) is 4.94. The molecule has 1 aliphatic heterocycles. The summed E-state index contributed by atoms with van der Waals surface area (Å²) < 4.78 is 10.9. The maximum Gasteiger partial charge on any atom is 0.247 e. The van der Waals surface area contributed by atoms with E-state index in [2.05, 4.69) is 10.3 Å². The van der Waals surface area contributed by atoms with Gasteiger partial charge in [-0.15, -0.1) is 0 Å². The molecule has 1 unspecified atom stereocenters. The van der Waals surface area contributed by atoms with Gasteiger partial charge in [0.05, 0.1) is 18.3 Å². The number of benzene rings is 2. The van der Waals surface area contributed by atoms with Gasteiger partial charge in [-0.1, -0.05) is 23.7 Å². The highest BCUT2D eigenvalue weighted by Crippen LogP contribution is 2.28. The van der Waals surface area contributed by atoms with Gasteiger partial charge in [0.15, 0.2) is 11.7 Å². The Labute approximate surface area is 191 Å². The summed E-state index contributed by atoms with van der Waals surface area (Å²) in [7, 11) is 1.59. The lowest BCUT2D eigenvalue weighted by atomic mass is 10.2. The first kappa shape index (κ1) is 21.9. The summed E-state index contributed by atoms with van der Waals surface area (Å²) in [5.41, 5.74) is 1.43. The molecule has 1 N–H and O–H groups in total. The summed E-state index contributed by atoms with van der Waals surface area (Å²) in [6.45, 7) is 0.565. The molecule has 1 fully saturated rings. The Hall–Kier alpha value is -3.32. The van der Waals surface area contributed by atoms with Crippen molar-refractivity contribution in [3.8, 4) is 17.1 Å². The van der Waals surface area contributed by atoms with Gasteiger partial charge >= 0.3 is 0 Å². The molecule has 1 saturated heterocycles. The molecule has 2 amide bonds. The second kappa shape index (κ2) is 9.87. The van der Waals surface area contributed by atoms with Crippen LogP contribution in [-0.4, -0.2) is 41.4 Å². The molecular weight excluding hydrogens is 430 g/mol. The average Bonchev–Trinajstić information content (AvgIpc) is 3.48. The van der Waals surface area contributed by atoms with Crippen molar-refractivity contribution in [2.45, 2.75) is 31.7 Å². The number of carbonyl (C=O) groups is 2. The van der Waals surface area contributed by atoms with Gasteiger partial charge in [0.25, 0.3) is 0 Å². The van der Waals surface area contributed by atoms with Crippen LogP contribution in [0.4, 0.5) is 5.69 Å². The monoisotopic (exact) mass is 453 g/mol. The second-order valence-electron chi connectivity index (χ2n) is 7.56. The van der Waals surface area contributed by atoms with Gasteiger partial charge in [0.2, 0.25) is 11.8 Å². The molecule has 0 spiro atoms. The van der Waals surface area contributed by atoms with E-state index in [0.717, 1.165) is 12.0 Å². The van der Waals surface area contributed by atoms with Gasteiger partial charge in [-0.25, -0.2) is 4.98 Å². The first-order chi connectivity index (χ1) is 15.5. The van der Waals surface area contributed by atoms with Crippen LogP contribution >= 0.6 is 11.6 Å². The van der Waals surface area contributed by atoms with Gasteiger partial charge < -0.3 is 19.4 Å². The van der Waals surface area contributed by atoms with Gasteiger partial charge in [-0.2, -0.15) is 0 Å². The van der Waals surface area contributed by atoms with Crippen molar-refractivity contribution in [2.75, 3.05) is 19.0 Å². The predicted octanol–water partition coefficient (Wildman–Crippen LogP) is 4.57. The minimum Gasteiger partial charge on any atom is -0.497 e. The molecule has 32 heavy (non-hydrogen) atoms. The highest BCUT2D eigenvalue weighted by molar-refractivity contribution is 6.33. The zero-order valence-corrected chi connectivity index (χ0v) is 18.5. The number of amides is 2. The number of oxazole rings is 1. The number of likely N-dealkylation sites (tertiary alicyclic amines) is 1. The van der Waals surface area contributed by atoms with Crippen molar-refractivity contribution < 1.29 is 18.7 Å². The molecule has 1 aromatic heterocycles. The number of halogens is 1. The molecule has 7 nitrogen and oxygen atoms in total. The second-order valence-corrected chi connectivity index (χ2v) is 7.97. The number of carbonyl (C=O) groups excluding carboxylic acids is 2. The minimum atomic E-state index is -0.479. The standard InChI is InChI=1S/C24H24ClN3O4/c1-31-17-10-8-16(9-11-17)27-24(30)20-7-4-14-28(20)23(29)13-12-22-26-15-21(32-22)18-5-2-3-6-19(18)25/h2-3,5-6,8-11,15,20H,4,7,12-14H2,1H3,(H,27,30). The number of aromatic nitrogens is 1. The number of hydrogen-bond acceptors (Lipinski definition) is 5. The first-order valence-electron chi connectivity index (χ1n) is 10.5. The highest BCUT2D eigenvalue weighted by atomic mass is 35.5. The minimum absolute atomic E-state index is 0.0881. The fourth-order valence-corrected chi connectivity index (χ4v) is 4.04. The average molecular weight is 454 g/mol. The van der Waals surface area contributed by atoms with E-state index in [-0.39, 0.29) is 18.2 Å². The lowest BCUT2D eigenvalue weighted by Gasteiger charge is -2.24. The fraction of sp³-hybridized carbons (Fsp3) is 0.292. The van der Waals surface area contributed by atoms with Crippen LogP contribution in [0.3, 0.4) is 0 Å². The zero-order valence-electron chi connectivity index (χ0n) is 17.7.